The molecule has 0 saturated heterocycles. The molecular formula is C11H8BrN3O3. The molecule has 0 aliphatic rings. The molecule has 2 N–H and O–H groups in total. The van der Waals surface area contributed by atoms with Gasteiger partial charge in [-0.1, -0.05) is 15.9 Å². The Morgan fingerprint density at radius 2 is 2.44 bits per heavy atom. The van der Waals surface area contributed by atoms with Crippen LogP contribution in [0.25, 0.3) is 11.1 Å². The number of nitrogens with two attached hydrogens (primary N) is 1. The van der Waals surface area contributed by atoms with Gasteiger partial charge in [0.25, 0.3) is 12.0 Å². The standard InChI is InChI=1S/C11H8BrN3O3/c12-6-1-2-8-7(3-6)15-11(18-8)9(4-13)17-10(16)5-14/h1-3,9H,5,14H2. The summed E-state index contributed by atoms with van der Waals surface area (Å²) in [7, 11) is 0. The first kappa shape index (κ1) is 12.5. The minimum Gasteiger partial charge on any atom is -0.436 e. The maximum atomic E-state index is 11.0. The smallest absolute Gasteiger partial charge is 0.321 e. The number of carbonyl (C=O) groups is 1. The van der Waals surface area contributed by atoms with Gasteiger partial charge in [-0.05, 0) is 18.2 Å². The van der Waals surface area contributed by atoms with Crippen LogP contribution in [0.2, 0.25) is 0 Å². The summed E-state index contributed by atoms with van der Waals surface area (Å²) in [6, 6.07) is 7.02. The summed E-state index contributed by atoms with van der Waals surface area (Å²) in [5.74, 6) is -0.655. The highest BCUT2D eigenvalue weighted by Crippen LogP contribution is 2.24. The number of carbonyl (C=O) groups excluding carboxylic acids is 1. The molecule has 1 aromatic carbocycles. The number of oxazole rings is 1. The fourth-order valence-electron chi connectivity index (χ4n) is 1.34. The van der Waals surface area contributed by atoms with Crippen LogP contribution in [0, 0.1) is 11.3 Å². The number of rotatable bonds is 3. The fourth-order valence-corrected chi connectivity index (χ4v) is 1.69. The van der Waals surface area contributed by atoms with Gasteiger partial charge in [0.05, 0.1) is 6.54 Å². The van der Waals surface area contributed by atoms with Crippen LogP contribution in [0.5, 0.6) is 0 Å². The van der Waals surface area contributed by atoms with Crippen molar-refractivity contribution in [2.75, 3.05) is 6.54 Å². The van der Waals surface area contributed by atoms with E-state index in [-0.39, 0.29) is 12.4 Å². The molecule has 2 aromatic rings. The molecule has 2 rings (SSSR count). The largest absolute Gasteiger partial charge is 0.436 e. The van der Waals surface area contributed by atoms with Gasteiger partial charge in [-0.25, -0.2) is 4.98 Å². The number of nitrogens with zero attached hydrogens (tertiary/aromatic N) is 2. The van der Waals surface area contributed by atoms with Crippen LogP contribution >= 0.6 is 15.9 Å². The van der Waals surface area contributed by atoms with Crippen LogP contribution in [0.4, 0.5) is 0 Å². The first-order chi connectivity index (χ1) is 8.63. The van der Waals surface area contributed by atoms with Gasteiger partial charge >= 0.3 is 5.97 Å². The summed E-state index contributed by atoms with van der Waals surface area (Å²) in [5.41, 5.74) is 6.19. The Labute approximate surface area is 110 Å². The average molecular weight is 310 g/mol. The summed E-state index contributed by atoms with van der Waals surface area (Å²) in [6.45, 7) is -0.302. The molecule has 0 aliphatic carbocycles. The van der Waals surface area contributed by atoms with Gasteiger partial charge in [0.1, 0.15) is 11.6 Å². The van der Waals surface area contributed by atoms with E-state index in [0.717, 1.165) is 4.47 Å². The average Bonchev–Trinajstić information content (AvgIpc) is 2.78. The molecule has 92 valence electrons. The molecule has 6 nitrogen and oxygen atoms in total. The number of benzene rings is 1. The summed E-state index contributed by atoms with van der Waals surface area (Å²) in [4.78, 5) is 15.1. The molecule has 0 radical (unpaired) electrons. The maximum absolute atomic E-state index is 11.0. The van der Waals surface area contributed by atoms with Crippen molar-refractivity contribution in [1.29, 1.82) is 5.26 Å². The second-order valence-electron chi connectivity index (χ2n) is 3.37. The lowest BCUT2D eigenvalue weighted by molar-refractivity contribution is -0.145. The third-order valence-corrected chi connectivity index (χ3v) is 2.62. The quantitative estimate of drug-likeness (QED) is 0.865. The van der Waals surface area contributed by atoms with E-state index in [1.165, 1.54) is 0 Å². The zero-order chi connectivity index (χ0) is 13.1. The molecule has 1 atom stereocenters. The van der Waals surface area contributed by atoms with E-state index in [0.29, 0.717) is 11.1 Å². The van der Waals surface area contributed by atoms with E-state index in [1.807, 2.05) is 0 Å². The van der Waals surface area contributed by atoms with Gasteiger partial charge in [-0.3, -0.25) is 4.79 Å². The lowest BCUT2D eigenvalue weighted by Gasteiger charge is -2.05. The minimum absolute atomic E-state index is 0.0346. The van der Waals surface area contributed by atoms with E-state index < -0.39 is 12.1 Å². The number of hydrogen-bond acceptors (Lipinski definition) is 6. The SMILES string of the molecule is N#CC(OC(=O)CN)c1nc2cc(Br)ccc2o1. The number of hydrogen-bond donors (Lipinski definition) is 1. The molecule has 0 amide bonds. The van der Waals surface area contributed by atoms with Gasteiger partial charge in [0.2, 0.25) is 0 Å². The number of fused-ring (bicyclic) bond motifs is 1. The second kappa shape index (κ2) is 5.16. The van der Waals surface area contributed by atoms with Crippen LogP contribution in [-0.4, -0.2) is 17.5 Å². The predicted molar refractivity (Wildman–Crippen MR) is 65.2 cm³/mol. The molecule has 7 heteroatoms. The Morgan fingerprint density at radius 3 is 3.11 bits per heavy atom. The number of nitriles is 1. The Morgan fingerprint density at radius 1 is 1.67 bits per heavy atom. The van der Waals surface area contributed by atoms with Gasteiger partial charge < -0.3 is 14.9 Å². The van der Waals surface area contributed by atoms with Crippen molar-refractivity contribution in [3.05, 3.63) is 28.6 Å². The Kier molecular flexibility index (Phi) is 3.60. The molecule has 0 bridgehead atoms. The summed E-state index contributed by atoms with van der Waals surface area (Å²) < 4.78 is 11.0. The first-order valence-corrected chi connectivity index (χ1v) is 5.78. The third kappa shape index (κ3) is 2.50. The van der Waals surface area contributed by atoms with Crippen molar-refractivity contribution in [3.63, 3.8) is 0 Å². The van der Waals surface area contributed by atoms with Crippen LogP contribution in [0.15, 0.2) is 27.1 Å². The van der Waals surface area contributed by atoms with E-state index in [2.05, 4.69) is 20.9 Å². The predicted octanol–water partition coefficient (Wildman–Crippen LogP) is 1.66. The van der Waals surface area contributed by atoms with Gasteiger partial charge in [0.15, 0.2) is 5.58 Å². The van der Waals surface area contributed by atoms with Crippen molar-refractivity contribution in [2.24, 2.45) is 5.73 Å². The van der Waals surface area contributed by atoms with Crippen molar-refractivity contribution in [3.8, 4) is 6.07 Å². The lowest BCUT2D eigenvalue weighted by atomic mass is 10.3. The van der Waals surface area contributed by atoms with Crippen molar-refractivity contribution < 1.29 is 13.9 Å². The van der Waals surface area contributed by atoms with Gasteiger partial charge in [-0.15, -0.1) is 0 Å². The van der Waals surface area contributed by atoms with Gasteiger partial charge in [0, 0.05) is 4.47 Å². The normalized spacial score (nSPS) is 12.1. The Bertz CT molecular complexity index is 632. The van der Waals surface area contributed by atoms with Crippen molar-refractivity contribution >= 4 is 33.0 Å². The van der Waals surface area contributed by atoms with E-state index in [4.69, 9.17) is 20.1 Å². The molecule has 0 spiro atoms. The van der Waals surface area contributed by atoms with E-state index in [9.17, 15) is 4.79 Å². The van der Waals surface area contributed by atoms with Crippen LogP contribution in [0.3, 0.4) is 0 Å². The highest BCUT2D eigenvalue weighted by molar-refractivity contribution is 9.10. The zero-order valence-electron chi connectivity index (χ0n) is 9.09. The minimum atomic E-state index is -1.19. The zero-order valence-corrected chi connectivity index (χ0v) is 10.7. The topological polar surface area (TPSA) is 102 Å². The number of esters is 1. The number of ether oxygens (including phenoxy) is 1. The maximum Gasteiger partial charge on any atom is 0.321 e. The molecule has 18 heavy (non-hydrogen) atoms. The molecule has 0 saturated carbocycles. The van der Waals surface area contributed by atoms with Crippen molar-refractivity contribution in [1.82, 2.24) is 4.98 Å². The molecular weight excluding hydrogens is 302 g/mol. The number of aromatic nitrogens is 1. The summed E-state index contributed by atoms with van der Waals surface area (Å²) in [5, 5.41) is 8.93. The van der Waals surface area contributed by atoms with Gasteiger partial charge in [-0.2, -0.15) is 5.26 Å². The second-order valence-corrected chi connectivity index (χ2v) is 4.28. The molecule has 1 aromatic heterocycles. The molecule has 1 unspecified atom stereocenters. The fraction of sp³-hybridized carbons (Fsp3) is 0.182. The van der Waals surface area contributed by atoms with Crippen LogP contribution in [-0.2, 0) is 9.53 Å². The van der Waals surface area contributed by atoms with Crippen LogP contribution < -0.4 is 5.73 Å². The first-order valence-electron chi connectivity index (χ1n) is 4.99. The molecule has 0 fully saturated rings. The van der Waals surface area contributed by atoms with E-state index >= 15 is 0 Å². The highest BCUT2D eigenvalue weighted by Gasteiger charge is 2.21. The Balaban J connectivity index is 2.34. The van der Waals surface area contributed by atoms with Crippen LogP contribution in [0.1, 0.15) is 12.0 Å². The Hall–Kier alpha value is -1.91. The summed E-state index contributed by atoms with van der Waals surface area (Å²) >= 11 is 3.30. The summed E-state index contributed by atoms with van der Waals surface area (Å²) in [6.07, 6.45) is -1.19. The molecule has 0 aliphatic heterocycles. The monoisotopic (exact) mass is 309 g/mol. The highest BCUT2D eigenvalue weighted by atomic mass is 79.9. The molecule has 1 heterocycles. The lowest BCUT2D eigenvalue weighted by Crippen LogP contribution is -2.19. The third-order valence-electron chi connectivity index (χ3n) is 2.12. The van der Waals surface area contributed by atoms with E-state index in [1.54, 1.807) is 24.3 Å². The van der Waals surface area contributed by atoms with Crippen molar-refractivity contribution in [2.45, 2.75) is 6.10 Å². The number of halogens is 1.